The summed E-state index contributed by atoms with van der Waals surface area (Å²) in [7, 11) is 0. The number of rotatable bonds is 4. The van der Waals surface area contributed by atoms with Crippen LogP contribution in [-0.4, -0.2) is 19.6 Å². The first kappa shape index (κ1) is 11.0. The molecule has 0 atom stereocenters. The third-order valence-corrected chi connectivity index (χ3v) is 2.29. The molecule has 0 amide bonds. The molecule has 0 heterocycles. The number of halogens is 1. The zero-order chi connectivity index (χ0) is 10.6. The average molecular weight is 196 g/mol. The minimum absolute atomic E-state index is 0.155. The molecule has 0 saturated carbocycles. The van der Waals surface area contributed by atoms with Crippen LogP contribution < -0.4 is 10.6 Å². The lowest BCUT2D eigenvalue weighted by atomic mass is 10.2. The predicted molar refractivity (Wildman–Crippen MR) is 58.1 cm³/mol. The minimum Gasteiger partial charge on any atom is -0.371 e. The fourth-order valence-corrected chi connectivity index (χ4v) is 1.45. The molecule has 0 aliphatic carbocycles. The zero-order valence-corrected chi connectivity index (χ0v) is 8.76. The van der Waals surface area contributed by atoms with Crippen molar-refractivity contribution in [3.63, 3.8) is 0 Å². The quantitative estimate of drug-likeness (QED) is 0.797. The SMILES string of the molecule is CCN(CCN)c1ccc(F)c(C)c1. The van der Waals surface area contributed by atoms with Gasteiger partial charge in [-0.05, 0) is 37.6 Å². The Morgan fingerprint density at radius 1 is 1.43 bits per heavy atom. The topological polar surface area (TPSA) is 29.3 Å². The van der Waals surface area contributed by atoms with Gasteiger partial charge in [0.05, 0.1) is 0 Å². The van der Waals surface area contributed by atoms with E-state index in [9.17, 15) is 4.39 Å². The number of anilines is 1. The minimum atomic E-state index is -0.155. The molecule has 0 radical (unpaired) electrons. The van der Waals surface area contributed by atoms with Crippen molar-refractivity contribution in [2.75, 3.05) is 24.5 Å². The lowest BCUT2D eigenvalue weighted by Crippen LogP contribution is -2.29. The predicted octanol–water partition coefficient (Wildman–Crippen LogP) is 1.92. The van der Waals surface area contributed by atoms with Crippen LogP contribution in [0.3, 0.4) is 0 Å². The maximum Gasteiger partial charge on any atom is 0.126 e. The molecule has 0 fully saturated rings. The van der Waals surface area contributed by atoms with Crippen molar-refractivity contribution >= 4 is 5.69 Å². The van der Waals surface area contributed by atoms with Crippen molar-refractivity contribution in [1.82, 2.24) is 0 Å². The summed E-state index contributed by atoms with van der Waals surface area (Å²) in [5.74, 6) is -0.155. The Morgan fingerprint density at radius 3 is 2.64 bits per heavy atom. The lowest BCUT2D eigenvalue weighted by Gasteiger charge is -2.22. The summed E-state index contributed by atoms with van der Waals surface area (Å²) in [6.07, 6.45) is 0. The molecule has 2 nitrogen and oxygen atoms in total. The van der Waals surface area contributed by atoms with Gasteiger partial charge < -0.3 is 10.6 Å². The maximum atomic E-state index is 13.0. The molecule has 0 aromatic heterocycles. The van der Waals surface area contributed by atoms with E-state index in [0.717, 1.165) is 18.8 Å². The van der Waals surface area contributed by atoms with Crippen molar-refractivity contribution in [2.45, 2.75) is 13.8 Å². The molecule has 0 unspecified atom stereocenters. The summed E-state index contributed by atoms with van der Waals surface area (Å²) in [6.45, 7) is 6.15. The van der Waals surface area contributed by atoms with Crippen molar-refractivity contribution in [2.24, 2.45) is 5.73 Å². The highest BCUT2D eigenvalue weighted by molar-refractivity contribution is 5.48. The fraction of sp³-hybridized carbons (Fsp3) is 0.455. The highest BCUT2D eigenvalue weighted by Gasteiger charge is 2.04. The monoisotopic (exact) mass is 196 g/mol. The smallest absolute Gasteiger partial charge is 0.126 e. The number of benzene rings is 1. The molecule has 2 N–H and O–H groups in total. The molecule has 1 rings (SSSR count). The van der Waals surface area contributed by atoms with Gasteiger partial charge in [-0.1, -0.05) is 0 Å². The van der Waals surface area contributed by atoms with Gasteiger partial charge in [0, 0.05) is 25.3 Å². The standard InChI is InChI=1S/C11H17FN2/c1-3-14(7-6-13)10-4-5-11(12)9(2)8-10/h4-5,8H,3,6-7,13H2,1-2H3. The van der Waals surface area contributed by atoms with Crippen LogP contribution in [0.2, 0.25) is 0 Å². The molecule has 1 aromatic rings. The van der Waals surface area contributed by atoms with Gasteiger partial charge in [0.25, 0.3) is 0 Å². The van der Waals surface area contributed by atoms with Gasteiger partial charge in [0.15, 0.2) is 0 Å². The van der Waals surface area contributed by atoms with Gasteiger partial charge in [-0.25, -0.2) is 4.39 Å². The summed E-state index contributed by atoms with van der Waals surface area (Å²) in [5, 5.41) is 0. The van der Waals surface area contributed by atoms with E-state index >= 15 is 0 Å². The Kier molecular flexibility index (Phi) is 3.89. The van der Waals surface area contributed by atoms with E-state index in [0.29, 0.717) is 12.1 Å². The van der Waals surface area contributed by atoms with Crippen molar-refractivity contribution in [3.8, 4) is 0 Å². The summed E-state index contributed by atoms with van der Waals surface area (Å²) < 4.78 is 13.0. The van der Waals surface area contributed by atoms with Gasteiger partial charge in [-0.2, -0.15) is 0 Å². The largest absolute Gasteiger partial charge is 0.371 e. The molecule has 0 aliphatic heterocycles. The molecule has 0 spiro atoms. The summed E-state index contributed by atoms with van der Waals surface area (Å²) in [5.41, 5.74) is 7.21. The maximum absolute atomic E-state index is 13.0. The van der Waals surface area contributed by atoms with Crippen LogP contribution >= 0.6 is 0 Å². The van der Waals surface area contributed by atoms with E-state index in [2.05, 4.69) is 11.8 Å². The number of likely N-dealkylation sites (N-methyl/N-ethyl adjacent to an activating group) is 1. The Hall–Kier alpha value is -1.09. The Bertz CT molecular complexity index is 299. The first-order chi connectivity index (χ1) is 6.69. The zero-order valence-electron chi connectivity index (χ0n) is 8.76. The van der Waals surface area contributed by atoms with E-state index in [1.165, 1.54) is 6.07 Å². The van der Waals surface area contributed by atoms with Crippen LogP contribution in [0.4, 0.5) is 10.1 Å². The number of nitrogens with zero attached hydrogens (tertiary/aromatic N) is 1. The highest BCUT2D eigenvalue weighted by Crippen LogP contribution is 2.17. The second kappa shape index (κ2) is 4.96. The van der Waals surface area contributed by atoms with Crippen LogP contribution in [0.1, 0.15) is 12.5 Å². The van der Waals surface area contributed by atoms with Gasteiger partial charge in [0.1, 0.15) is 5.82 Å². The molecular weight excluding hydrogens is 179 g/mol. The molecule has 78 valence electrons. The summed E-state index contributed by atoms with van der Waals surface area (Å²) in [6, 6.07) is 5.15. The van der Waals surface area contributed by atoms with Crippen molar-refractivity contribution in [1.29, 1.82) is 0 Å². The Labute approximate surface area is 84.5 Å². The first-order valence-corrected chi connectivity index (χ1v) is 4.90. The third-order valence-electron chi connectivity index (χ3n) is 2.29. The first-order valence-electron chi connectivity index (χ1n) is 4.90. The molecular formula is C11H17FN2. The number of aryl methyl sites for hydroxylation is 1. The molecule has 0 bridgehead atoms. The van der Waals surface area contributed by atoms with Crippen LogP contribution in [0.5, 0.6) is 0 Å². The van der Waals surface area contributed by atoms with E-state index in [-0.39, 0.29) is 5.82 Å². The molecule has 0 saturated heterocycles. The van der Waals surface area contributed by atoms with Crippen LogP contribution in [0.15, 0.2) is 18.2 Å². The van der Waals surface area contributed by atoms with Gasteiger partial charge in [-0.3, -0.25) is 0 Å². The molecule has 0 aliphatic rings. The second-order valence-corrected chi connectivity index (χ2v) is 3.30. The average Bonchev–Trinajstić information content (AvgIpc) is 2.19. The third kappa shape index (κ3) is 2.45. The Balaban J connectivity index is 2.88. The van der Waals surface area contributed by atoms with E-state index < -0.39 is 0 Å². The summed E-state index contributed by atoms with van der Waals surface area (Å²) >= 11 is 0. The summed E-state index contributed by atoms with van der Waals surface area (Å²) in [4.78, 5) is 2.13. The fourth-order valence-electron chi connectivity index (χ4n) is 1.45. The number of hydrogen-bond donors (Lipinski definition) is 1. The van der Waals surface area contributed by atoms with Gasteiger partial charge >= 0.3 is 0 Å². The van der Waals surface area contributed by atoms with Crippen LogP contribution in [0, 0.1) is 12.7 Å². The van der Waals surface area contributed by atoms with E-state index in [1.807, 2.05) is 6.07 Å². The van der Waals surface area contributed by atoms with E-state index in [1.54, 1.807) is 13.0 Å². The van der Waals surface area contributed by atoms with Crippen molar-refractivity contribution in [3.05, 3.63) is 29.6 Å². The molecule has 1 aromatic carbocycles. The Morgan fingerprint density at radius 2 is 2.14 bits per heavy atom. The van der Waals surface area contributed by atoms with Gasteiger partial charge in [0.2, 0.25) is 0 Å². The normalized spacial score (nSPS) is 10.3. The number of nitrogens with two attached hydrogens (primary N) is 1. The van der Waals surface area contributed by atoms with Gasteiger partial charge in [-0.15, -0.1) is 0 Å². The molecule has 3 heteroatoms. The molecule has 14 heavy (non-hydrogen) atoms. The van der Waals surface area contributed by atoms with Crippen LogP contribution in [-0.2, 0) is 0 Å². The second-order valence-electron chi connectivity index (χ2n) is 3.30. The highest BCUT2D eigenvalue weighted by atomic mass is 19.1. The van der Waals surface area contributed by atoms with Crippen molar-refractivity contribution < 1.29 is 4.39 Å². The van der Waals surface area contributed by atoms with Crippen LogP contribution in [0.25, 0.3) is 0 Å². The van der Waals surface area contributed by atoms with E-state index in [4.69, 9.17) is 5.73 Å². The lowest BCUT2D eigenvalue weighted by molar-refractivity contribution is 0.618. The number of hydrogen-bond acceptors (Lipinski definition) is 2.